The average Bonchev–Trinajstić information content (AvgIpc) is 2.14. The number of unbranched alkanes of at least 4 members (excludes halogenated alkanes) is 1. The molecule has 1 saturated heterocycles. The van der Waals surface area contributed by atoms with Crippen molar-refractivity contribution in [2.24, 2.45) is 0 Å². The SMILES string of the molecule is CCCCB1OC(C)CC(CC)O1. The van der Waals surface area contributed by atoms with Gasteiger partial charge in [-0.25, -0.2) is 0 Å². The first-order chi connectivity index (χ1) is 6.26. The number of hydrogen-bond acceptors (Lipinski definition) is 2. The summed E-state index contributed by atoms with van der Waals surface area (Å²) < 4.78 is 11.5. The van der Waals surface area contributed by atoms with Gasteiger partial charge >= 0.3 is 7.12 Å². The Balaban J connectivity index is 2.29. The Morgan fingerprint density at radius 3 is 2.69 bits per heavy atom. The van der Waals surface area contributed by atoms with Crippen LogP contribution in [-0.2, 0) is 9.31 Å². The zero-order chi connectivity index (χ0) is 9.68. The van der Waals surface area contributed by atoms with Crippen molar-refractivity contribution >= 4 is 7.12 Å². The smallest absolute Gasteiger partial charge is 0.409 e. The third-order valence-electron chi connectivity index (χ3n) is 2.57. The molecular formula is C10H21BO2. The van der Waals surface area contributed by atoms with Gasteiger partial charge in [0.05, 0.1) is 0 Å². The molecule has 76 valence electrons. The lowest BCUT2D eigenvalue weighted by Gasteiger charge is -2.32. The van der Waals surface area contributed by atoms with E-state index in [-0.39, 0.29) is 7.12 Å². The van der Waals surface area contributed by atoms with E-state index in [0.717, 1.165) is 19.2 Å². The molecule has 13 heavy (non-hydrogen) atoms. The fraction of sp³-hybridized carbons (Fsp3) is 1.00. The summed E-state index contributed by atoms with van der Waals surface area (Å²) in [4.78, 5) is 0. The van der Waals surface area contributed by atoms with Crippen LogP contribution in [0.3, 0.4) is 0 Å². The molecular weight excluding hydrogens is 163 g/mol. The Kier molecular flexibility index (Phi) is 4.82. The van der Waals surface area contributed by atoms with Gasteiger partial charge in [0.15, 0.2) is 0 Å². The zero-order valence-corrected chi connectivity index (χ0v) is 9.08. The van der Waals surface area contributed by atoms with Crippen molar-refractivity contribution in [3.05, 3.63) is 0 Å². The number of hydrogen-bond donors (Lipinski definition) is 0. The van der Waals surface area contributed by atoms with Gasteiger partial charge in [-0.15, -0.1) is 0 Å². The van der Waals surface area contributed by atoms with Gasteiger partial charge < -0.3 is 9.31 Å². The highest BCUT2D eigenvalue weighted by Crippen LogP contribution is 2.21. The quantitative estimate of drug-likeness (QED) is 0.625. The fourth-order valence-electron chi connectivity index (χ4n) is 1.76. The Morgan fingerprint density at radius 2 is 2.08 bits per heavy atom. The zero-order valence-electron chi connectivity index (χ0n) is 9.08. The van der Waals surface area contributed by atoms with Crippen molar-refractivity contribution < 1.29 is 9.31 Å². The highest BCUT2D eigenvalue weighted by Gasteiger charge is 2.30. The van der Waals surface area contributed by atoms with Gasteiger partial charge in [-0.05, 0) is 26.1 Å². The van der Waals surface area contributed by atoms with Crippen molar-refractivity contribution in [3.8, 4) is 0 Å². The molecule has 1 fully saturated rings. The summed E-state index contributed by atoms with van der Waals surface area (Å²) in [5, 5.41) is 0. The molecule has 0 aromatic carbocycles. The largest absolute Gasteiger partial charge is 0.457 e. The normalized spacial score (nSPS) is 29.3. The predicted molar refractivity (Wildman–Crippen MR) is 55.8 cm³/mol. The molecule has 1 heterocycles. The first kappa shape index (κ1) is 11.1. The molecule has 0 bridgehead atoms. The molecule has 1 rings (SSSR count). The second-order valence-corrected chi connectivity index (χ2v) is 3.92. The van der Waals surface area contributed by atoms with Crippen LogP contribution < -0.4 is 0 Å². The lowest BCUT2D eigenvalue weighted by molar-refractivity contribution is 0.0226. The Labute approximate surface area is 82.1 Å². The molecule has 3 heteroatoms. The lowest BCUT2D eigenvalue weighted by atomic mass is 9.79. The Morgan fingerprint density at radius 1 is 1.31 bits per heavy atom. The second-order valence-electron chi connectivity index (χ2n) is 3.92. The van der Waals surface area contributed by atoms with E-state index in [0.29, 0.717) is 12.2 Å². The van der Waals surface area contributed by atoms with Gasteiger partial charge in [0.1, 0.15) is 0 Å². The Hall–Kier alpha value is -0.0151. The summed E-state index contributed by atoms with van der Waals surface area (Å²) in [5.41, 5.74) is 0. The molecule has 0 aliphatic carbocycles. The highest BCUT2D eigenvalue weighted by molar-refractivity contribution is 6.44. The molecule has 0 aromatic rings. The van der Waals surface area contributed by atoms with E-state index >= 15 is 0 Å². The van der Waals surface area contributed by atoms with E-state index in [4.69, 9.17) is 9.31 Å². The average molecular weight is 184 g/mol. The monoisotopic (exact) mass is 184 g/mol. The van der Waals surface area contributed by atoms with Crippen LogP contribution in [0.4, 0.5) is 0 Å². The first-order valence-electron chi connectivity index (χ1n) is 5.57. The van der Waals surface area contributed by atoms with Crippen LogP contribution in [-0.4, -0.2) is 19.3 Å². The summed E-state index contributed by atoms with van der Waals surface area (Å²) >= 11 is 0. The maximum Gasteiger partial charge on any atom is 0.457 e. The molecule has 2 nitrogen and oxygen atoms in total. The van der Waals surface area contributed by atoms with E-state index in [1.165, 1.54) is 12.8 Å². The van der Waals surface area contributed by atoms with Crippen LogP contribution in [0.1, 0.15) is 46.5 Å². The summed E-state index contributed by atoms with van der Waals surface area (Å²) in [7, 11) is 0.0636. The standard InChI is InChI=1S/C10H21BO2/c1-4-6-7-11-12-9(3)8-10(5-2)13-11/h9-10H,4-8H2,1-3H3. The maximum absolute atomic E-state index is 5.79. The van der Waals surface area contributed by atoms with Gasteiger partial charge in [0.25, 0.3) is 0 Å². The molecule has 0 saturated carbocycles. The molecule has 0 N–H and O–H groups in total. The highest BCUT2D eigenvalue weighted by atomic mass is 16.6. The van der Waals surface area contributed by atoms with Gasteiger partial charge in [-0.2, -0.15) is 0 Å². The predicted octanol–water partition coefficient (Wildman–Crippen LogP) is 2.88. The third-order valence-corrected chi connectivity index (χ3v) is 2.57. The molecule has 1 aliphatic rings. The molecule has 1 aliphatic heterocycles. The van der Waals surface area contributed by atoms with Crippen LogP contribution in [0, 0.1) is 0 Å². The minimum Gasteiger partial charge on any atom is -0.409 e. The van der Waals surface area contributed by atoms with Crippen molar-refractivity contribution in [1.82, 2.24) is 0 Å². The van der Waals surface area contributed by atoms with Gasteiger partial charge in [-0.1, -0.05) is 26.7 Å². The minimum atomic E-state index is 0.0636. The molecule has 0 amide bonds. The van der Waals surface area contributed by atoms with E-state index in [9.17, 15) is 0 Å². The van der Waals surface area contributed by atoms with E-state index in [1.807, 2.05) is 0 Å². The van der Waals surface area contributed by atoms with Gasteiger partial charge in [0.2, 0.25) is 0 Å². The third kappa shape index (κ3) is 3.69. The summed E-state index contributed by atoms with van der Waals surface area (Å²) in [6.45, 7) is 6.52. The molecule has 2 atom stereocenters. The molecule has 0 aromatic heterocycles. The topological polar surface area (TPSA) is 18.5 Å². The molecule has 2 unspecified atom stereocenters. The second kappa shape index (κ2) is 5.66. The van der Waals surface area contributed by atoms with E-state index in [1.54, 1.807) is 0 Å². The van der Waals surface area contributed by atoms with Crippen molar-refractivity contribution in [2.45, 2.75) is 65.0 Å². The van der Waals surface area contributed by atoms with Crippen LogP contribution in [0.25, 0.3) is 0 Å². The number of rotatable bonds is 4. The molecule has 0 spiro atoms. The van der Waals surface area contributed by atoms with E-state index in [2.05, 4.69) is 20.8 Å². The lowest BCUT2D eigenvalue weighted by Crippen LogP contribution is -2.39. The van der Waals surface area contributed by atoms with Crippen molar-refractivity contribution in [1.29, 1.82) is 0 Å². The van der Waals surface area contributed by atoms with Crippen molar-refractivity contribution in [2.75, 3.05) is 0 Å². The van der Waals surface area contributed by atoms with Crippen molar-refractivity contribution in [3.63, 3.8) is 0 Å². The van der Waals surface area contributed by atoms with Gasteiger partial charge in [-0.3, -0.25) is 0 Å². The van der Waals surface area contributed by atoms with Crippen LogP contribution in [0.2, 0.25) is 6.32 Å². The summed E-state index contributed by atoms with van der Waals surface area (Å²) in [5.74, 6) is 0. The Bertz CT molecular complexity index is 141. The summed E-state index contributed by atoms with van der Waals surface area (Å²) in [6.07, 6.45) is 6.43. The van der Waals surface area contributed by atoms with E-state index < -0.39 is 0 Å². The molecule has 0 radical (unpaired) electrons. The maximum atomic E-state index is 5.79. The minimum absolute atomic E-state index is 0.0636. The van der Waals surface area contributed by atoms with Crippen LogP contribution in [0.15, 0.2) is 0 Å². The van der Waals surface area contributed by atoms with Gasteiger partial charge in [0, 0.05) is 12.2 Å². The summed E-state index contributed by atoms with van der Waals surface area (Å²) in [6, 6.07) is 0. The van der Waals surface area contributed by atoms with Crippen LogP contribution in [0.5, 0.6) is 0 Å². The fourth-order valence-corrected chi connectivity index (χ4v) is 1.76. The van der Waals surface area contributed by atoms with Crippen LogP contribution >= 0.6 is 0 Å². The first-order valence-corrected chi connectivity index (χ1v) is 5.57.